The van der Waals surface area contributed by atoms with Gasteiger partial charge in [-0.2, -0.15) is 0 Å². The van der Waals surface area contributed by atoms with Crippen LogP contribution in [0.4, 0.5) is 4.79 Å². The van der Waals surface area contributed by atoms with Gasteiger partial charge >= 0.3 is 6.09 Å². The van der Waals surface area contributed by atoms with E-state index >= 15 is 0 Å². The fourth-order valence-electron chi connectivity index (χ4n) is 2.76. The summed E-state index contributed by atoms with van der Waals surface area (Å²) < 4.78 is 10.5. The van der Waals surface area contributed by atoms with Crippen LogP contribution in [-0.4, -0.2) is 32.5 Å². The SMILES string of the molecule is CCCCCCCCCCCCCCOCCCNC(=O)OCCC. The lowest BCUT2D eigenvalue weighted by Crippen LogP contribution is -2.26. The van der Waals surface area contributed by atoms with E-state index in [0.29, 0.717) is 19.8 Å². The van der Waals surface area contributed by atoms with Crippen LogP contribution >= 0.6 is 0 Å². The molecule has 0 heterocycles. The number of alkyl carbamates (subject to hydrolysis) is 1. The Labute approximate surface area is 156 Å². The van der Waals surface area contributed by atoms with E-state index in [9.17, 15) is 4.79 Å². The molecule has 0 spiro atoms. The lowest BCUT2D eigenvalue weighted by atomic mass is 10.1. The molecule has 0 bridgehead atoms. The van der Waals surface area contributed by atoms with E-state index in [2.05, 4.69) is 12.2 Å². The molecule has 0 aromatic rings. The van der Waals surface area contributed by atoms with Gasteiger partial charge in [-0.1, -0.05) is 84.5 Å². The fourth-order valence-corrected chi connectivity index (χ4v) is 2.76. The van der Waals surface area contributed by atoms with Crippen LogP contribution in [0.15, 0.2) is 0 Å². The maximum Gasteiger partial charge on any atom is 0.407 e. The van der Waals surface area contributed by atoms with Gasteiger partial charge < -0.3 is 14.8 Å². The molecule has 0 fully saturated rings. The van der Waals surface area contributed by atoms with Crippen molar-refractivity contribution in [2.24, 2.45) is 0 Å². The van der Waals surface area contributed by atoms with Crippen LogP contribution in [-0.2, 0) is 9.47 Å². The molecule has 0 aliphatic carbocycles. The largest absolute Gasteiger partial charge is 0.450 e. The third-order valence-corrected chi connectivity index (χ3v) is 4.31. The van der Waals surface area contributed by atoms with Gasteiger partial charge in [0.15, 0.2) is 0 Å². The van der Waals surface area contributed by atoms with Crippen molar-refractivity contribution in [3.8, 4) is 0 Å². The number of unbranched alkanes of at least 4 members (excludes halogenated alkanes) is 11. The molecule has 0 saturated heterocycles. The number of rotatable bonds is 19. The van der Waals surface area contributed by atoms with Gasteiger partial charge in [0.2, 0.25) is 0 Å². The van der Waals surface area contributed by atoms with Gasteiger partial charge in [0.05, 0.1) is 6.61 Å². The van der Waals surface area contributed by atoms with Crippen LogP contribution in [0, 0.1) is 0 Å². The molecule has 150 valence electrons. The van der Waals surface area contributed by atoms with Gasteiger partial charge in [0, 0.05) is 19.8 Å². The minimum absolute atomic E-state index is 0.317. The Morgan fingerprint density at radius 3 is 1.72 bits per heavy atom. The van der Waals surface area contributed by atoms with E-state index in [1.807, 2.05) is 6.92 Å². The zero-order chi connectivity index (χ0) is 18.4. The molecule has 0 radical (unpaired) electrons. The summed E-state index contributed by atoms with van der Waals surface area (Å²) in [5, 5.41) is 2.73. The minimum atomic E-state index is -0.317. The highest BCUT2D eigenvalue weighted by atomic mass is 16.5. The van der Waals surface area contributed by atoms with Gasteiger partial charge in [0.1, 0.15) is 0 Å². The molecule has 0 aromatic carbocycles. The summed E-state index contributed by atoms with van der Waals surface area (Å²) in [6.07, 6.45) is 17.8. The number of hydrogen-bond donors (Lipinski definition) is 1. The van der Waals surface area contributed by atoms with Crippen molar-refractivity contribution in [1.82, 2.24) is 5.32 Å². The van der Waals surface area contributed by atoms with E-state index in [-0.39, 0.29) is 6.09 Å². The predicted molar refractivity (Wildman–Crippen MR) is 106 cm³/mol. The maximum absolute atomic E-state index is 11.2. The summed E-state index contributed by atoms with van der Waals surface area (Å²) >= 11 is 0. The van der Waals surface area contributed by atoms with Gasteiger partial charge in [-0.3, -0.25) is 0 Å². The normalized spacial score (nSPS) is 10.8. The summed E-state index contributed by atoms with van der Waals surface area (Å²) in [7, 11) is 0. The van der Waals surface area contributed by atoms with Crippen LogP contribution in [0.3, 0.4) is 0 Å². The fraction of sp³-hybridized carbons (Fsp3) is 0.952. The van der Waals surface area contributed by atoms with Crippen molar-refractivity contribution in [3.63, 3.8) is 0 Å². The second-order valence-corrected chi connectivity index (χ2v) is 6.92. The quantitative estimate of drug-likeness (QED) is 0.279. The Kier molecular flexibility index (Phi) is 20.6. The summed E-state index contributed by atoms with van der Waals surface area (Å²) in [5.41, 5.74) is 0. The van der Waals surface area contributed by atoms with Crippen molar-refractivity contribution in [3.05, 3.63) is 0 Å². The Bertz CT molecular complexity index is 272. The molecule has 0 rings (SSSR count). The van der Waals surface area contributed by atoms with Crippen LogP contribution < -0.4 is 5.32 Å². The van der Waals surface area contributed by atoms with E-state index in [1.54, 1.807) is 0 Å². The highest BCUT2D eigenvalue weighted by Gasteiger charge is 1.99. The Hall–Kier alpha value is -0.770. The molecule has 0 aliphatic rings. The second kappa shape index (κ2) is 21.3. The number of hydrogen-bond acceptors (Lipinski definition) is 3. The van der Waals surface area contributed by atoms with Crippen LogP contribution in [0.1, 0.15) is 104 Å². The third kappa shape index (κ3) is 21.2. The average molecular weight is 358 g/mol. The van der Waals surface area contributed by atoms with E-state index in [0.717, 1.165) is 25.9 Å². The molecule has 4 nitrogen and oxygen atoms in total. The lowest BCUT2D eigenvalue weighted by molar-refractivity contribution is 0.123. The zero-order valence-electron chi connectivity index (χ0n) is 17.0. The number of carbonyl (C=O) groups is 1. The molecule has 0 aromatic heterocycles. The molecule has 0 saturated carbocycles. The molecule has 1 amide bonds. The standard InChI is InChI=1S/C21H43NO3/c1-3-5-6-7-8-9-10-11-12-13-14-15-19-24-20-16-17-22-21(23)25-18-4-2/h3-20H2,1-2H3,(H,22,23). The average Bonchev–Trinajstić information content (AvgIpc) is 2.62. The van der Waals surface area contributed by atoms with Crippen LogP contribution in [0.5, 0.6) is 0 Å². The van der Waals surface area contributed by atoms with Crippen molar-refractivity contribution in [1.29, 1.82) is 0 Å². The Morgan fingerprint density at radius 2 is 1.16 bits per heavy atom. The number of carbonyl (C=O) groups excluding carboxylic acids is 1. The first-order valence-electron chi connectivity index (χ1n) is 10.8. The van der Waals surface area contributed by atoms with Crippen LogP contribution in [0.25, 0.3) is 0 Å². The Balaban J connectivity index is 3.04. The number of nitrogens with one attached hydrogen (secondary N) is 1. The Morgan fingerprint density at radius 1 is 0.640 bits per heavy atom. The molecule has 4 heteroatoms. The second-order valence-electron chi connectivity index (χ2n) is 6.92. The first-order valence-corrected chi connectivity index (χ1v) is 10.8. The van der Waals surface area contributed by atoms with Crippen molar-refractivity contribution in [2.45, 2.75) is 104 Å². The first kappa shape index (κ1) is 24.2. The molecular formula is C21H43NO3. The van der Waals surface area contributed by atoms with Crippen molar-refractivity contribution < 1.29 is 14.3 Å². The monoisotopic (exact) mass is 357 g/mol. The first-order chi connectivity index (χ1) is 12.3. The molecule has 0 atom stereocenters. The number of ether oxygens (including phenoxy) is 2. The minimum Gasteiger partial charge on any atom is -0.450 e. The van der Waals surface area contributed by atoms with E-state index in [4.69, 9.17) is 9.47 Å². The van der Waals surface area contributed by atoms with Gasteiger partial charge in [-0.05, 0) is 19.3 Å². The molecule has 25 heavy (non-hydrogen) atoms. The van der Waals surface area contributed by atoms with Gasteiger partial charge in [0.25, 0.3) is 0 Å². The highest BCUT2D eigenvalue weighted by Crippen LogP contribution is 2.11. The molecule has 0 unspecified atom stereocenters. The van der Waals surface area contributed by atoms with E-state index in [1.165, 1.54) is 70.6 Å². The highest BCUT2D eigenvalue weighted by molar-refractivity contribution is 5.66. The summed E-state index contributed by atoms with van der Waals surface area (Å²) in [6, 6.07) is 0. The third-order valence-electron chi connectivity index (χ3n) is 4.31. The number of amides is 1. The maximum atomic E-state index is 11.2. The van der Waals surface area contributed by atoms with E-state index < -0.39 is 0 Å². The van der Waals surface area contributed by atoms with Crippen LogP contribution in [0.2, 0.25) is 0 Å². The summed E-state index contributed by atoms with van der Waals surface area (Å²) in [4.78, 5) is 11.2. The van der Waals surface area contributed by atoms with Gasteiger partial charge in [-0.15, -0.1) is 0 Å². The predicted octanol–water partition coefficient (Wildman–Crippen LogP) is 6.23. The van der Waals surface area contributed by atoms with Gasteiger partial charge in [-0.25, -0.2) is 4.79 Å². The van der Waals surface area contributed by atoms with Crippen molar-refractivity contribution >= 4 is 6.09 Å². The summed E-state index contributed by atoms with van der Waals surface area (Å²) in [6.45, 7) is 6.93. The lowest BCUT2D eigenvalue weighted by Gasteiger charge is -2.07. The topological polar surface area (TPSA) is 47.6 Å². The molecule has 0 aliphatic heterocycles. The molecule has 1 N–H and O–H groups in total. The summed E-state index contributed by atoms with van der Waals surface area (Å²) in [5.74, 6) is 0. The molecular weight excluding hydrogens is 314 g/mol. The smallest absolute Gasteiger partial charge is 0.407 e. The van der Waals surface area contributed by atoms with Crippen molar-refractivity contribution in [2.75, 3.05) is 26.4 Å². The zero-order valence-corrected chi connectivity index (χ0v) is 17.0.